The highest BCUT2D eigenvalue weighted by atomic mass is 35.5. The van der Waals surface area contributed by atoms with Gasteiger partial charge in [-0.25, -0.2) is 15.1 Å². The summed E-state index contributed by atoms with van der Waals surface area (Å²) in [6.45, 7) is 0. The molecule has 0 aromatic rings. The predicted molar refractivity (Wildman–Crippen MR) is 39.6 cm³/mol. The standard InChI is InChI=1S/C4HClN6O2/c5-3-2-4(8-9-7-2)6-1-10(3)11(12)13/h1H. The summed E-state index contributed by atoms with van der Waals surface area (Å²) >= 11 is 5.62. The fraction of sp³-hybridized carbons (Fsp3) is 0. The summed E-state index contributed by atoms with van der Waals surface area (Å²) in [5, 5.41) is 19.7. The van der Waals surface area contributed by atoms with E-state index < -0.39 is 5.03 Å². The summed E-state index contributed by atoms with van der Waals surface area (Å²) in [4.78, 5) is 14.0. The molecule has 2 heterocycles. The Labute approximate surface area is 75.6 Å². The van der Waals surface area contributed by atoms with E-state index in [2.05, 4.69) is 20.4 Å². The van der Waals surface area contributed by atoms with Gasteiger partial charge in [0, 0.05) is 0 Å². The van der Waals surface area contributed by atoms with Crippen molar-refractivity contribution in [2.24, 2.45) is 0 Å². The van der Waals surface area contributed by atoms with Crippen LogP contribution in [0.25, 0.3) is 11.5 Å². The first kappa shape index (κ1) is 7.80. The molecule has 8 nitrogen and oxygen atoms in total. The maximum atomic E-state index is 10.4. The highest BCUT2D eigenvalue weighted by Gasteiger charge is 2.20. The van der Waals surface area contributed by atoms with Crippen molar-refractivity contribution in [2.45, 2.75) is 0 Å². The molecule has 2 aliphatic heterocycles. The minimum Gasteiger partial charge on any atom is -0.234 e. The Hall–Kier alpha value is -1.83. The van der Waals surface area contributed by atoms with Crippen molar-refractivity contribution in [1.82, 2.24) is 25.1 Å². The van der Waals surface area contributed by atoms with E-state index in [4.69, 9.17) is 11.6 Å². The second-order valence-corrected chi connectivity index (χ2v) is 2.44. The second-order valence-electron chi connectivity index (χ2n) is 2.08. The number of fused-ring (bicyclic) bond motifs is 1. The molecule has 0 atom stereocenters. The number of hydrogen-bond acceptors (Lipinski definition) is 6. The van der Waals surface area contributed by atoms with Crippen LogP contribution < -0.4 is 0 Å². The van der Waals surface area contributed by atoms with E-state index in [1.807, 2.05) is 0 Å². The molecule has 66 valence electrons. The Balaban J connectivity index is 2.74. The lowest BCUT2D eigenvalue weighted by atomic mass is 10.4. The average molecular weight is 201 g/mol. The molecular weight excluding hydrogens is 200 g/mol. The van der Waals surface area contributed by atoms with E-state index in [0.717, 1.165) is 6.33 Å². The van der Waals surface area contributed by atoms with Gasteiger partial charge in [-0.2, -0.15) is 0 Å². The van der Waals surface area contributed by atoms with E-state index >= 15 is 0 Å². The first-order valence-corrected chi connectivity index (χ1v) is 3.44. The van der Waals surface area contributed by atoms with Gasteiger partial charge >= 0.3 is 0 Å². The molecule has 0 N–H and O–H groups in total. The van der Waals surface area contributed by atoms with Gasteiger partial charge in [0.05, 0.1) is 0 Å². The Bertz CT molecular complexity index is 440. The van der Waals surface area contributed by atoms with Crippen LogP contribution in [-0.4, -0.2) is 30.1 Å². The van der Waals surface area contributed by atoms with Gasteiger partial charge in [0.15, 0.2) is 17.1 Å². The van der Waals surface area contributed by atoms with Crippen LogP contribution in [0, 0.1) is 10.1 Å². The third-order valence-electron chi connectivity index (χ3n) is 1.36. The minimum absolute atomic E-state index is 0.112. The van der Waals surface area contributed by atoms with Gasteiger partial charge in [-0.15, -0.1) is 10.2 Å². The zero-order valence-corrected chi connectivity index (χ0v) is 6.71. The molecule has 0 spiro atoms. The fourth-order valence-electron chi connectivity index (χ4n) is 0.804. The smallest absolute Gasteiger partial charge is 0.209 e. The van der Waals surface area contributed by atoms with Gasteiger partial charge in [0.2, 0.25) is 11.0 Å². The molecule has 0 saturated carbocycles. The highest BCUT2D eigenvalue weighted by Crippen LogP contribution is 2.22. The number of nitro groups is 1. The van der Waals surface area contributed by atoms with Crippen LogP contribution in [0.4, 0.5) is 0 Å². The maximum absolute atomic E-state index is 10.4. The van der Waals surface area contributed by atoms with Gasteiger partial charge in [0.25, 0.3) is 0 Å². The average Bonchev–Trinajstić information content (AvgIpc) is 2.52. The van der Waals surface area contributed by atoms with Crippen LogP contribution in [-0.2, 0) is 0 Å². The maximum Gasteiger partial charge on any atom is 0.209 e. The first-order valence-electron chi connectivity index (χ1n) is 3.06. The highest BCUT2D eigenvalue weighted by molar-refractivity contribution is 6.31. The molecule has 0 bridgehead atoms. The van der Waals surface area contributed by atoms with E-state index in [9.17, 15) is 10.1 Å². The van der Waals surface area contributed by atoms with Crippen molar-refractivity contribution in [3.63, 3.8) is 0 Å². The lowest BCUT2D eigenvalue weighted by molar-refractivity contribution is -0.542. The van der Waals surface area contributed by atoms with Crippen LogP contribution >= 0.6 is 11.6 Å². The Morgan fingerprint density at radius 2 is 2.31 bits per heavy atom. The lowest BCUT2D eigenvalue weighted by Crippen LogP contribution is -2.12. The summed E-state index contributed by atoms with van der Waals surface area (Å²) in [5.74, 6) is 0.183. The van der Waals surface area contributed by atoms with Gasteiger partial charge < -0.3 is 0 Å². The number of aromatic nitrogens is 5. The summed E-state index contributed by atoms with van der Waals surface area (Å²) in [7, 11) is 0. The topological polar surface area (TPSA) is 99.6 Å². The van der Waals surface area contributed by atoms with Crippen molar-refractivity contribution < 1.29 is 5.03 Å². The van der Waals surface area contributed by atoms with E-state index in [1.54, 1.807) is 0 Å². The van der Waals surface area contributed by atoms with Crippen LogP contribution in [0.15, 0.2) is 6.33 Å². The summed E-state index contributed by atoms with van der Waals surface area (Å²) in [6.07, 6.45) is 0.945. The molecule has 0 aromatic carbocycles. The van der Waals surface area contributed by atoms with Gasteiger partial charge in [-0.3, -0.25) is 0 Å². The summed E-state index contributed by atoms with van der Waals surface area (Å²) in [6, 6.07) is 0. The van der Waals surface area contributed by atoms with Crippen LogP contribution in [0.3, 0.4) is 0 Å². The van der Waals surface area contributed by atoms with Crippen molar-refractivity contribution in [2.75, 3.05) is 0 Å². The van der Waals surface area contributed by atoms with Gasteiger partial charge in [0.1, 0.15) is 0 Å². The monoisotopic (exact) mass is 200 g/mol. The molecule has 0 saturated heterocycles. The van der Waals surface area contributed by atoms with Gasteiger partial charge in [-0.1, -0.05) is 11.6 Å². The number of hydrogen-bond donors (Lipinski definition) is 0. The van der Waals surface area contributed by atoms with Crippen molar-refractivity contribution >= 4 is 11.6 Å². The second kappa shape index (κ2) is 2.59. The number of nitrogens with zero attached hydrogens (tertiary/aromatic N) is 6. The first-order chi connectivity index (χ1) is 6.20. The van der Waals surface area contributed by atoms with Crippen LogP contribution in [0.2, 0.25) is 5.15 Å². The lowest BCUT2D eigenvalue weighted by Gasteiger charge is -1.99. The molecule has 0 amide bonds. The van der Waals surface area contributed by atoms with E-state index in [-0.39, 0.29) is 16.7 Å². The molecule has 2 rings (SSSR count). The quantitative estimate of drug-likeness (QED) is 0.361. The number of rotatable bonds is 1. The normalized spacial score (nSPS) is 10.5. The SMILES string of the molecule is O=[N+]([O-])n1cnc2nnnc-2c1Cl. The largest absolute Gasteiger partial charge is 0.234 e. The molecule has 2 aliphatic rings. The Morgan fingerprint density at radius 1 is 1.54 bits per heavy atom. The Kier molecular flexibility index (Phi) is 1.55. The Morgan fingerprint density at radius 3 is 3.00 bits per heavy atom. The molecule has 0 aliphatic carbocycles. The van der Waals surface area contributed by atoms with Gasteiger partial charge in [-0.05, 0) is 9.89 Å². The van der Waals surface area contributed by atoms with Crippen molar-refractivity contribution in [1.29, 1.82) is 0 Å². The molecule has 0 radical (unpaired) electrons. The van der Waals surface area contributed by atoms with E-state index in [1.165, 1.54) is 0 Å². The molecule has 0 fully saturated rings. The minimum atomic E-state index is -0.719. The third-order valence-corrected chi connectivity index (χ3v) is 1.71. The zero-order chi connectivity index (χ0) is 9.42. The summed E-state index contributed by atoms with van der Waals surface area (Å²) < 4.78 is 0.542. The molecule has 13 heavy (non-hydrogen) atoms. The van der Waals surface area contributed by atoms with Crippen molar-refractivity contribution in [3.8, 4) is 11.5 Å². The molecule has 0 unspecified atom stereocenters. The van der Waals surface area contributed by atoms with Crippen LogP contribution in [0.1, 0.15) is 0 Å². The number of halogens is 1. The van der Waals surface area contributed by atoms with Crippen LogP contribution in [0.5, 0.6) is 0 Å². The van der Waals surface area contributed by atoms with Crippen molar-refractivity contribution in [3.05, 3.63) is 21.6 Å². The fourth-order valence-corrected chi connectivity index (χ4v) is 1.03. The predicted octanol–water partition coefficient (Wildman–Crippen LogP) is -0.134. The zero-order valence-electron chi connectivity index (χ0n) is 5.96. The molecule has 0 aromatic heterocycles. The third kappa shape index (κ3) is 1.07. The molecular formula is C4HClN6O2. The van der Waals surface area contributed by atoms with E-state index in [0.29, 0.717) is 4.68 Å². The molecule has 9 heteroatoms. The summed E-state index contributed by atoms with van der Waals surface area (Å²) in [5.41, 5.74) is 0.112.